The summed E-state index contributed by atoms with van der Waals surface area (Å²) in [6.07, 6.45) is 1.01. The number of aliphatic hydroxyl groups is 1. The summed E-state index contributed by atoms with van der Waals surface area (Å²) >= 11 is 1.60. The second-order valence-electron chi connectivity index (χ2n) is 4.30. The molecule has 1 atom stereocenters. The minimum Gasteiger partial charge on any atom is -0.475 e. The Morgan fingerprint density at radius 1 is 1.40 bits per heavy atom. The van der Waals surface area contributed by atoms with E-state index in [1.807, 2.05) is 41.3 Å². The molecule has 0 bridgehead atoms. The molecule has 0 saturated heterocycles. The highest BCUT2D eigenvalue weighted by molar-refractivity contribution is 7.13. The van der Waals surface area contributed by atoms with E-state index in [1.165, 1.54) is 0 Å². The van der Waals surface area contributed by atoms with Crippen molar-refractivity contribution in [3.05, 3.63) is 41.0 Å². The molecule has 0 aliphatic carbocycles. The molecule has 2 aromatic heterocycles. The van der Waals surface area contributed by atoms with E-state index in [9.17, 15) is 5.11 Å². The summed E-state index contributed by atoms with van der Waals surface area (Å²) in [5.74, 6) is 0.470. The fraction of sp³-hybridized carbons (Fsp3) is 0.357. The van der Waals surface area contributed by atoms with Gasteiger partial charge in [-0.2, -0.15) is 0 Å². The van der Waals surface area contributed by atoms with E-state index in [0.29, 0.717) is 25.7 Å². The lowest BCUT2D eigenvalue weighted by molar-refractivity contribution is 0.104. The third kappa shape index (κ3) is 2.37. The van der Waals surface area contributed by atoms with Crippen molar-refractivity contribution in [1.82, 2.24) is 4.57 Å². The molecule has 0 fully saturated rings. The summed E-state index contributed by atoms with van der Waals surface area (Å²) in [4.78, 5) is 4.28. The molecule has 0 spiro atoms. The van der Waals surface area contributed by atoms with E-state index in [-0.39, 0.29) is 0 Å². The quantitative estimate of drug-likeness (QED) is 0.880. The molecule has 0 radical (unpaired) electrons. The molecule has 3 heterocycles. The Labute approximate surface area is 121 Å². The van der Waals surface area contributed by atoms with Gasteiger partial charge in [-0.15, -0.1) is 11.3 Å². The molecule has 1 aliphatic rings. The van der Waals surface area contributed by atoms with Gasteiger partial charge in [0.1, 0.15) is 11.6 Å². The van der Waals surface area contributed by atoms with Crippen molar-refractivity contribution in [1.29, 1.82) is 0 Å². The van der Waals surface area contributed by atoms with Crippen LogP contribution in [0.4, 0.5) is 0 Å². The maximum Gasteiger partial charge on any atom is 0.222 e. The van der Waals surface area contributed by atoms with Crippen LogP contribution in [0.25, 0.3) is 5.00 Å². The van der Waals surface area contributed by atoms with E-state index in [1.54, 1.807) is 11.3 Å². The van der Waals surface area contributed by atoms with Crippen molar-refractivity contribution < 1.29 is 14.6 Å². The number of ether oxygens (including phenoxy) is 2. The maximum absolute atomic E-state index is 10.2. The van der Waals surface area contributed by atoms with Crippen molar-refractivity contribution in [3.63, 3.8) is 0 Å². The number of aliphatic imine (C=N–C) groups is 1. The Kier molecular flexibility index (Phi) is 3.86. The molecule has 2 aromatic rings. The highest BCUT2D eigenvalue weighted by atomic mass is 32.1. The molecule has 1 unspecified atom stereocenters. The molecule has 0 amide bonds. The zero-order valence-electron chi connectivity index (χ0n) is 11.2. The van der Waals surface area contributed by atoms with Crippen LogP contribution in [0.1, 0.15) is 24.4 Å². The predicted molar refractivity (Wildman–Crippen MR) is 77.6 cm³/mol. The third-order valence-corrected chi connectivity index (χ3v) is 3.96. The van der Waals surface area contributed by atoms with E-state index < -0.39 is 6.23 Å². The minimum absolute atomic E-state index is 0.420. The van der Waals surface area contributed by atoms with Crippen LogP contribution in [-0.4, -0.2) is 35.4 Å². The summed E-state index contributed by atoms with van der Waals surface area (Å²) < 4.78 is 12.9. The van der Waals surface area contributed by atoms with Gasteiger partial charge in [0.05, 0.1) is 17.9 Å². The molecule has 0 saturated carbocycles. The summed E-state index contributed by atoms with van der Waals surface area (Å²) in [7, 11) is 0. The lowest BCUT2D eigenvalue weighted by Gasteiger charge is -2.09. The van der Waals surface area contributed by atoms with Crippen molar-refractivity contribution in [3.8, 4) is 5.00 Å². The Morgan fingerprint density at radius 2 is 2.30 bits per heavy atom. The van der Waals surface area contributed by atoms with E-state index in [0.717, 1.165) is 16.3 Å². The largest absolute Gasteiger partial charge is 0.475 e. The normalized spacial score (nSPS) is 17.1. The third-order valence-electron chi connectivity index (χ3n) is 3.05. The minimum atomic E-state index is -0.910. The molecular weight excluding hydrogens is 276 g/mol. The fourth-order valence-electron chi connectivity index (χ4n) is 2.14. The van der Waals surface area contributed by atoms with Crippen molar-refractivity contribution in [2.75, 3.05) is 19.8 Å². The second-order valence-corrected chi connectivity index (χ2v) is 5.19. The smallest absolute Gasteiger partial charge is 0.222 e. The first-order valence-electron chi connectivity index (χ1n) is 6.53. The number of nitrogens with zero attached hydrogens (tertiary/aromatic N) is 2. The number of aromatic nitrogens is 1. The van der Waals surface area contributed by atoms with Gasteiger partial charge < -0.3 is 19.1 Å². The standard InChI is InChI=1S/C14H16N2O3S/c1-2-18-7-8-19-13-10-5-9-20-14(10)16-6-3-4-11(16)12(17)15-13/h3-6,9,12,17H,2,7-8H2,1H3. The average molecular weight is 292 g/mol. The van der Waals surface area contributed by atoms with Gasteiger partial charge in [-0.05, 0) is 30.5 Å². The predicted octanol–water partition coefficient (Wildman–Crippen LogP) is 2.34. The first kappa shape index (κ1) is 13.4. The Balaban J connectivity index is 1.89. The molecule has 1 aliphatic heterocycles. The van der Waals surface area contributed by atoms with Crippen LogP contribution in [0, 0.1) is 0 Å². The van der Waals surface area contributed by atoms with Crippen LogP contribution in [0.15, 0.2) is 34.8 Å². The molecule has 0 aromatic carbocycles. The number of hydrogen-bond acceptors (Lipinski definition) is 5. The first-order valence-corrected chi connectivity index (χ1v) is 7.41. The first-order chi connectivity index (χ1) is 9.81. The SMILES string of the molecule is CCOCCOC1=NC(O)c2cccn2-c2sccc21. The van der Waals surface area contributed by atoms with E-state index in [4.69, 9.17) is 9.47 Å². The lowest BCUT2D eigenvalue weighted by atomic mass is 10.3. The van der Waals surface area contributed by atoms with Crippen LogP contribution < -0.4 is 0 Å². The van der Waals surface area contributed by atoms with Gasteiger partial charge in [-0.25, -0.2) is 4.99 Å². The summed E-state index contributed by atoms with van der Waals surface area (Å²) in [6, 6.07) is 5.72. The van der Waals surface area contributed by atoms with Crippen molar-refractivity contribution in [2.24, 2.45) is 4.99 Å². The maximum atomic E-state index is 10.2. The molecule has 1 N–H and O–H groups in total. The van der Waals surface area contributed by atoms with Crippen LogP contribution >= 0.6 is 11.3 Å². The molecular formula is C14H16N2O3S. The summed E-state index contributed by atoms with van der Waals surface area (Å²) in [6.45, 7) is 3.53. The average Bonchev–Trinajstić information content (AvgIpc) is 3.07. The highest BCUT2D eigenvalue weighted by Crippen LogP contribution is 2.31. The summed E-state index contributed by atoms with van der Waals surface area (Å²) in [5, 5.41) is 13.2. The molecule has 6 heteroatoms. The van der Waals surface area contributed by atoms with Crippen LogP contribution in [0.2, 0.25) is 0 Å². The van der Waals surface area contributed by atoms with Crippen molar-refractivity contribution >= 4 is 17.2 Å². The van der Waals surface area contributed by atoms with Gasteiger partial charge in [0.15, 0.2) is 6.23 Å². The van der Waals surface area contributed by atoms with Gasteiger partial charge in [0.2, 0.25) is 5.90 Å². The number of rotatable bonds is 4. The number of thiophene rings is 1. The van der Waals surface area contributed by atoms with Gasteiger partial charge in [0.25, 0.3) is 0 Å². The molecule has 5 nitrogen and oxygen atoms in total. The summed E-state index contributed by atoms with van der Waals surface area (Å²) in [5.41, 5.74) is 1.65. The van der Waals surface area contributed by atoms with E-state index in [2.05, 4.69) is 4.99 Å². The topological polar surface area (TPSA) is 56.0 Å². The molecule has 20 heavy (non-hydrogen) atoms. The van der Waals surface area contributed by atoms with Crippen LogP contribution in [0.3, 0.4) is 0 Å². The van der Waals surface area contributed by atoms with Gasteiger partial charge >= 0.3 is 0 Å². The zero-order chi connectivity index (χ0) is 13.9. The van der Waals surface area contributed by atoms with Crippen molar-refractivity contribution in [2.45, 2.75) is 13.2 Å². The van der Waals surface area contributed by atoms with Gasteiger partial charge in [0, 0.05) is 12.8 Å². The monoisotopic (exact) mass is 292 g/mol. The number of hydrogen-bond donors (Lipinski definition) is 1. The molecule has 3 rings (SSSR count). The Hall–Kier alpha value is -1.63. The van der Waals surface area contributed by atoms with Crippen LogP contribution in [-0.2, 0) is 9.47 Å². The fourth-order valence-corrected chi connectivity index (χ4v) is 3.04. The Morgan fingerprint density at radius 3 is 3.15 bits per heavy atom. The lowest BCUT2D eigenvalue weighted by Crippen LogP contribution is -2.12. The van der Waals surface area contributed by atoms with Crippen LogP contribution in [0.5, 0.6) is 0 Å². The molecule has 106 valence electrons. The Bertz CT molecular complexity index is 617. The number of aliphatic hydroxyl groups excluding tert-OH is 1. The highest BCUT2D eigenvalue weighted by Gasteiger charge is 2.23. The zero-order valence-corrected chi connectivity index (χ0v) is 12.0. The second kappa shape index (κ2) is 5.78. The van der Waals surface area contributed by atoms with E-state index >= 15 is 0 Å². The van der Waals surface area contributed by atoms with Gasteiger partial charge in [-0.3, -0.25) is 0 Å². The van der Waals surface area contributed by atoms with Gasteiger partial charge in [-0.1, -0.05) is 0 Å². The number of fused-ring (bicyclic) bond motifs is 3.